The van der Waals surface area contributed by atoms with Gasteiger partial charge in [-0.2, -0.15) is 0 Å². The molecule has 2 saturated heterocycles. The topological polar surface area (TPSA) is 78.0 Å². The van der Waals surface area contributed by atoms with Crippen LogP contribution in [0.1, 0.15) is 44.1 Å². The Morgan fingerprint density at radius 1 is 1.07 bits per heavy atom. The molecular weight excluding hydrogens is 382 g/mol. The molecule has 2 aliphatic rings. The maximum atomic E-state index is 12.3. The van der Waals surface area contributed by atoms with E-state index in [0.29, 0.717) is 37.0 Å². The molecule has 2 fully saturated rings. The summed E-state index contributed by atoms with van der Waals surface area (Å²) >= 11 is 6.36. The Labute approximate surface area is 170 Å². The third-order valence-electron chi connectivity index (χ3n) is 4.70. The fourth-order valence-corrected chi connectivity index (χ4v) is 3.55. The summed E-state index contributed by atoms with van der Waals surface area (Å²) < 4.78 is 5.42. The first-order valence-corrected chi connectivity index (χ1v) is 10.1. The summed E-state index contributed by atoms with van der Waals surface area (Å²) in [5, 5.41) is 2.20. The molecule has 0 spiro atoms. The molecule has 2 amide bonds. The zero-order chi connectivity index (χ0) is 20.3. The van der Waals surface area contributed by atoms with Crippen molar-refractivity contribution in [3.63, 3.8) is 0 Å². The summed E-state index contributed by atoms with van der Waals surface area (Å²) in [6.45, 7) is 9.62. The van der Waals surface area contributed by atoms with Gasteiger partial charge in [-0.25, -0.2) is 14.8 Å². The van der Waals surface area contributed by atoms with Crippen LogP contribution in [0.5, 0.6) is 0 Å². The van der Waals surface area contributed by atoms with Crippen molar-refractivity contribution in [2.75, 3.05) is 44.2 Å². The van der Waals surface area contributed by atoms with Crippen LogP contribution < -0.4 is 10.3 Å². The number of hydrogen-bond donors (Lipinski definition) is 1. The minimum atomic E-state index is -0.507. The minimum Gasteiger partial charge on any atom is -0.444 e. The van der Waals surface area contributed by atoms with E-state index in [1.165, 1.54) is 0 Å². The first-order valence-electron chi connectivity index (χ1n) is 9.68. The standard InChI is InChI=1S/C19H28ClN5O3/c1-19(2,3)28-18(27)24-12-10-23(11-13-24)15-7-6-14(21-16(15)20)17(26)22-25-8-4-5-9-25/h6-7H,4-5,8-13H2,1-3H3,(H,22,26). The summed E-state index contributed by atoms with van der Waals surface area (Å²) in [5.41, 5.74) is 3.42. The third kappa shape index (κ3) is 5.26. The van der Waals surface area contributed by atoms with Crippen LogP contribution in [0, 0.1) is 0 Å². The normalized spacial score (nSPS) is 18.3. The molecule has 3 heterocycles. The number of rotatable bonds is 3. The molecule has 154 valence electrons. The number of amides is 2. The number of nitrogens with one attached hydrogen (secondary N) is 1. The van der Waals surface area contributed by atoms with Crippen LogP contribution in [0.2, 0.25) is 5.15 Å². The van der Waals surface area contributed by atoms with Crippen molar-refractivity contribution in [3.8, 4) is 0 Å². The fraction of sp³-hybridized carbons (Fsp3) is 0.632. The Balaban J connectivity index is 1.57. The zero-order valence-corrected chi connectivity index (χ0v) is 17.5. The van der Waals surface area contributed by atoms with Crippen LogP contribution in [0.15, 0.2) is 12.1 Å². The first-order chi connectivity index (χ1) is 13.2. The summed E-state index contributed by atoms with van der Waals surface area (Å²) in [6, 6.07) is 3.50. The number of halogens is 1. The third-order valence-corrected chi connectivity index (χ3v) is 4.98. The van der Waals surface area contributed by atoms with Crippen LogP contribution in [0.4, 0.5) is 10.5 Å². The second-order valence-corrected chi connectivity index (χ2v) is 8.45. The maximum absolute atomic E-state index is 12.3. The highest BCUT2D eigenvalue weighted by Crippen LogP contribution is 2.25. The monoisotopic (exact) mass is 409 g/mol. The van der Waals surface area contributed by atoms with Gasteiger partial charge in [0.2, 0.25) is 0 Å². The van der Waals surface area contributed by atoms with Crippen LogP contribution in [0.3, 0.4) is 0 Å². The molecule has 0 unspecified atom stereocenters. The van der Waals surface area contributed by atoms with E-state index in [1.54, 1.807) is 11.0 Å². The summed E-state index contributed by atoms with van der Waals surface area (Å²) in [4.78, 5) is 32.5. The molecule has 0 saturated carbocycles. The average Bonchev–Trinajstić information content (AvgIpc) is 3.13. The number of anilines is 1. The minimum absolute atomic E-state index is 0.245. The number of hydrazine groups is 1. The molecule has 3 rings (SSSR count). The summed E-state index contributed by atoms with van der Waals surface area (Å²) in [7, 11) is 0. The number of aromatic nitrogens is 1. The van der Waals surface area contributed by atoms with Gasteiger partial charge >= 0.3 is 6.09 Å². The predicted molar refractivity (Wildman–Crippen MR) is 108 cm³/mol. The van der Waals surface area contributed by atoms with E-state index in [1.807, 2.05) is 31.8 Å². The Morgan fingerprint density at radius 2 is 1.71 bits per heavy atom. The summed E-state index contributed by atoms with van der Waals surface area (Å²) in [5.74, 6) is -0.245. The average molecular weight is 410 g/mol. The highest BCUT2D eigenvalue weighted by molar-refractivity contribution is 6.32. The Hall–Kier alpha value is -2.06. The predicted octanol–water partition coefficient (Wildman–Crippen LogP) is 2.53. The van der Waals surface area contributed by atoms with Gasteiger partial charge < -0.3 is 14.5 Å². The van der Waals surface area contributed by atoms with Crippen LogP contribution in [-0.2, 0) is 4.74 Å². The van der Waals surface area contributed by atoms with Crippen molar-refractivity contribution >= 4 is 29.3 Å². The lowest BCUT2D eigenvalue weighted by molar-refractivity contribution is 0.0240. The molecule has 28 heavy (non-hydrogen) atoms. The lowest BCUT2D eigenvalue weighted by atomic mass is 10.2. The van der Waals surface area contributed by atoms with E-state index in [-0.39, 0.29) is 12.0 Å². The van der Waals surface area contributed by atoms with Crippen LogP contribution >= 0.6 is 11.6 Å². The molecule has 8 nitrogen and oxygen atoms in total. The van der Waals surface area contributed by atoms with Crippen molar-refractivity contribution in [2.24, 2.45) is 0 Å². The highest BCUT2D eigenvalue weighted by atomic mass is 35.5. The van der Waals surface area contributed by atoms with Crippen LogP contribution in [-0.4, -0.2) is 71.8 Å². The largest absolute Gasteiger partial charge is 0.444 e. The van der Waals surface area contributed by atoms with E-state index in [2.05, 4.69) is 15.3 Å². The van der Waals surface area contributed by atoms with Gasteiger partial charge in [-0.05, 0) is 45.7 Å². The summed E-state index contributed by atoms with van der Waals surface area (Å²) in [6.07, 6.45) is 1.87. The van der Waals surface area contributed by atoms with Gasteiger partial charge in [0.05, 0.1) is 5.69 Å². The second-order valence-electron chi connectivity index (χ2n) is 8.10. The van der Waals surface area contributed by atoms with E-state index in [0.717, 1.165) is 31.6 Å². The molecular formula is C19H28ClN5O3. The number of piperazine rings is 1. The molecule has 0 bridgehead atoms. The van der Waals surface area contributed by atoms with Gasteiger partial charge in [0, 0.05) is 39.3 Å². The Morgan fingerprint density at radius 3 is 2.29 bits per heavy atom. The van der Waals surface area contributed by atoms with Gasteiger partial charge in [-0.15, -0.1) is 0 Å². The molecule has 0 radical (unpaired) electrons. The van der Waals surface area contributed by atoms with Crippen molar-refractivity contribution in [2.45, 2.75) is 39.2 Å². The van der Waals surface area contributed by atoms with E-state index in [9.17, 15) is 9.59 Å². The van der Waals surface area contributed by atoms with Crippen LogP contribution in [0.25, 0.3) is 0 Å². The molecule has 9 heteroatoms. The Kier molecular flexibility index (Phi) is 6.30. The molecule has 1 aromatic rings. The molecule has 1 aromatic heterocycles. The Bertz CT molecular complexity index is 723. The van der Waals surface area contributed by atoms with E-state index in [4.69, 9.17) is 16.3 Å². The van der Waals surface area contributed by atoms with Gasteiger partial charge in [0.15, 0.2) is 5.15 Å². The maximum Gasteiger partial charge on any atom is 0.410 e. The van der Waals surface area contributed by atoms with Gasteiger partial charge in [-0.1, -0.05) is 11.6 Å². The molecule has 2 aliphatic heterocycles. The number of nitrogens with zero attached hydrogens (tertiary/aromatic N) is 4. The van der Waals surface area contributed by atoms with Crippen molar-refractivity contribution < 1.29 is 14.3 Å². The van der Waals surface area contributed by atoms with Gasteiger partial charge in [0.25, 0.3) is 5.91 Å². The molecule has 0 atom stereocenters. The zero-order valence-electron chi connectivity index (χ0n) is 16.7. The first kappa shape index (κ1) is 20.7. The van der Waals surface area contributed by atoms with Gasteiger partial charge in [-0.3, -0.25) is 10.2 Å². The quantitative estimate of drug-likeness (QED) is 0.773. The number of ether oxygens (including phenoxy) is 1. The van der Waals surface area contributed by atoms with E-state index < -0.39 is 5.60 Å². The highest BCUT2D eigenvalue weighted by Gasteiger charge is 2.27. The lowest BCUT2D eigenvalue weighted by Gasteiger charge is -2.36. The SMILES string of the molecule is CC(C)(C)OC(=O)N1CCN(c2ccc(C(=O)NN3CCCC3)nc2Cl)CC1. The lowest BCUT2D eigenvalue weighted by Crippen LogP contribution is -2.50. The molecule has 0 aliphatic carbocycles. The van der Waals surface area contributed by atoms with Gasteiger partial charge in [0.1, 0.15) is 11.3 Å². The fourth-order valence-electron chi connectivity index (χ4n) is 3.28. The van der Waals surface area contributed by atoms with Crippen molar-refractivity contribution in [1.29, 1.82) is 0 Å². The molecule has 1 N–H and O–H groups in total. The number of carbonyl (C=O) groups is 2. The number of carbonyl (C=O) groups excluding carboxylic acids is 2. The smallest absolute Gasteiger partial charge is 0.410 e. The second kappa shape index (κ2) is 8.53. The number of hydrogen-bond acceptors (Lipinski definition) is 6. The van der Waals surface area contributed by atoms with Crippen molar-refractivity contribution in [1.82, 2.24) is 20.3 Å². The molecule has 0 aromatic carbocycles. The number of pyridine rings is 1. The van der Waals surface area contributed by atoms with Crippen molar-refractivity contribution in [3.05, 3.63) is 23.0 Å². The van der Waals surface area contributed by atoms with E-state index >= 15 is 0 Å².